The molecular formula is C34H38N2O5S. The molecule has 2 aromatic heterocycles. The largest absolute Gasteiger partial charge is 0.466 e. The van der Waals surface area contributed by atoms with Crippen molar-refractivity contribution in [3.05, 3.63) is 86.6 Å². The van der Waals surface area contributed by atoms with Gasteiger partial charge in [-0.15, -0.1) is 11.3 Å². The Bertz CT molecular complexity index is 1570. The fourth-order valence-corrected chi connectivity index (χ4v) is 6.12. The van der Waals surface area contributed by atoms with E-state index in [4.69, 9.17) is 18.9 Å². The molecule has 2 aliphatic heterocycles. The maximum absolute atomic E-state index is 12.8. The molecule has 0 unspecified atom stereocenters. The monoisotopic (exact) mass is 586 g/mol. The number of methoxy groups -OCH3 is 1. The molecule has 1 saturated heterocycles. The second-order valence-electron chi connectivity index (χ2n) is 10.7. The van der Waals surface area contributed by atoms with Gasteiger partial charge in [0.05, 0.1) is 20.3 Å². The maximum atomic E-state index is 12.8. The van der Waals surface area contributed by atoms with Crippen molar-refractivity contribution in [2.24, 2.45) is 4.99 Å². The van der Waals surface area contributed by atoms with E-state index in [0.29, 0.717) is 35.0 Å². The first-order valence-corrected chi connectivity index (χ1v) is 15.6. The summed E-state index contributed by atoms with van der Waals surface area (Å²) < 4.78 is 17.2. The molecule has 0 atom stereocenters. The molecule has 3 aromatic rings. The molecule has 42 heavy (non-hydrogen) atoms. The molecule has 5 rings (SSSR count). The highest BCUT2D eigenvalue weighted by atomic mass is 32.1. The topological polar surface area (TPSA) is 81.3 Å². The van der Waals surface area contributed by atoms with E-state index in [2.05, 4.69) is 41.3 Å². The van der Waals surface area contributed by atoms with Crippen LogP contribution < -0.4 is 10.3 Å². The van der Waals surface area contributed by atoms with Gasteiger partial charge in [-0.2, -0.15) is 0 Å². The van der Waals surface area contributed by atoms with Gasteiger partial charge >= 0.3 is 5.97 Å². The number of aryl methyl sites for hydroxylation is 1. The maximum Gasteiger partial charge on any atom is 0.333 e. The van der Waals surface area contributed by atoms with Gasteiger partial charge in [0.2, 0.25) is 5.43 Å². The van der Waals surface area contributed by atoms with Crippen molar-refractivity contribution in [1.29, 1.82) is 0 Å². The number of carbonyl (C=O) groups is 1. The first-order valence-electron chi connectivity index (χ1n) is 14.7. The molecule has 0 N–H and O–H groups in total. The van der Waals surface area contributed by atoms with E-state index < -0.39 is 0 Å². The minimum Gasteiger partial charge on any atom is -0.466 e. The zero-order valence-corrected chi connectivity index (χ0v) is 25.2. The lowest BCUT2D eigenvalue weighted by Gasteiger charge is -2.27. The lowest BCUT2D eigenvalue weighted by molar-refractivity contribution is -0.136. The third-order valence-electron chi connectivity index (χ3n) is 7.60. The van der Waals surface area contributed by atoms with E-state index >= 15 is 0 Å². The van der Waals surface area contributed by atoms with Crippen molar-refractivity contribution in [2.45, 2.75) is 51.9 Å². The van der Waals surface area contributed by atoms with Crippen molar-refractivity contribution in [2.75, 3.05) is 38.3 Å². The number of rotatable bonds is 9. The molecular weight excluding hydrogens is 548 g/mol. The van der Waals surface area contributed by atoms with Crippen LogP contribution >= 0.6 is 11.3 Å². The summed E-state index contributed by atoms with van der Waals surface area (Å²) in [5.74, 6) is 0.299. The normalized spacial score (nSPS) is 19.7. The molecule has 0 radical (unpaired) electrons. The summed E-state index contributed by atoms with van der Waals surface area (Å²) in [5, 5.41) is 2.02. The lowest BCUT2D eigenvalue weighted by Crippen LogP contribution is -2.36. The molecule has 0 aliphatic carbocycles. The fraction of sp³-hybridized carbons (Fsp3) is 0.382. The Kier molecular flexibility index (Phi) is 10.2. The minimum absolute atomic E-state index is 0.00463. The number of hydrogen-bond donors (Lipinski definition) is 0. The first-order chi connectivity index (χ1) is 20.5. The van der Waals surface area contributed by atoms with E-state index in [1.807, 2.05) is 17.7 Å². The lowest BCUT2D eigenvalue weighted by atomic mass is 10.0. The fourth-order valence-electron chi connectivity index (χ4n) is 5.21. The molecule has 0 amide bonds. The van der Waals surface area contributed by atoms with Crippen molar-refractivity contribution in [3.63, 3.8) is 0 Å². The Labute approximate surface area is 250 Å². The van der Waals surface area contributed by atoms with Crippen LogP contribution in [0.25, 0.3) is 21.4 Å². The number of aliphatic imine (C=N–C) groups is 1. The van der Waals surface area contributed by atoms with Crippen molar-refractivity contribution >= 4 is 39.7 Å². The molecule has 2 aliphatic rings. The highest BCUT2D eigenvalue weighted by Crippen LogP contribution is 2.35. The van der Waals surface area contributed by atoms with Gasteiger partial charge in [0.15, 0.2) is 11.5 Å². The van der Waals surface area contributed by atoms with Crippen LogP contribution in [0.15, 0.2) is 85.0 Å². The molecule has 1 fully saturated rings. The van der Waals surface area contributed by atoms with Gasteiger partial charge in [0.25, 0.3) is 0 Å². The number of carbonyl (C=O) groups excluding carboxylic acids is 1. The average molecular weight is 587 g/mol. The number of esters is 1. The molecule has 220 valence electrons. The van der Waals surface area contributed by atoms with Crippen molar-refractivity contribution < 1.29 is 18.7 Å². The van der Waals surface area contributed by atoms with E-state index in [9.17, 15) is 9.59 Å². The third-order valence-corrected chi connectivity index (χ3v) is 8.58. The number of unbranched alkanes of at least 4 members (excludes halogenated alkanes) is 1. The molecule has 7 nitrogen and oxygen atoms in total. The number of thiophene rings is 1. The highest BCUT2D eigenvalue weighted by Gasteiger charge is 2.18. The van der Waals surface area contributed by atoms with Gasteiger partial charge in [-0.1, -0.05) is 36.4 Å². The molecule has 4 heterocycles. The highest BCUT2D eigenvalue weighted by molar-refractivity contribution is 7.17. The minimum atomic E-state index is -0.318. The van der Waals surface area contributed by atoms with E-state index in [1.165, 1.54) is 24.0 Å². The predicted molar refractivity (Wildman–Crippen MR) is 171 cm³/mol. The second-order valence-corrected chi connectivity index (χ2v) is 11.5. The Morgan fingerprint density at radius 2 is 1.86 bits per heavy atom. The van der Waals surface area contributed by atoms with E-state index in [-0.39, 0.29) is 11.4 Å². The van der Waals surface area contributed by atoms with E-state index in [0.717, 1.165) is 80.4 Å². The van der Waals surface area contributed by atoms with Gasteiger partial charge in [0, 0.05) is 47.6 Å². The standard InChI is InChI=1S/C34H38N2O5S/c1-24(34(38)39-2)20-26-9-4-3-5-10-28(35-22-26)11-7-6-8-25-12-14-27(15-13-25)29-23-42-33-30(37)21-31(41-32(29)33)36-16-18-40-19-17-36/h9-10,12-15,20-23H,3-8,11,16-19H2,1-2H3/b24-20+,26-9-,28-10+,35-22+. The van der Waals surface area contributed by atoms with Gasteiger partial charge in [0.1, 0.15) is 4.70 Å². The van der Waals surface area contributed by atoms with Crippen molar-refractivity contribution in [1.82, 2.24) is 0 Å². The van der Waals surface area contributed by atoms with Crippen LogP contribution in [0.3, 0.4) is 0 Å². The summed E-state index contributed by atoms with van der Waals surface area (Å²) in [6, 6.07) is 10.2. The van der Waals surface area contributed by atoms with Crippen LogP contribution in [0.1, 0.15) is 51.0 Å². The summed E-state index contributed by atoms with van der Waals surface area (Å²) >= 11 is 1.44. The van der Waals surface area contributed by atoms with Gasteiger partial charge in [-0.25, -0.2) is 4.79 Å². The Morgan fingerprint density at radius 1 is 1.10 bits per heavy atom. The number of nitrogens with zero attached hydrogens (tertiary/aromatic N) is 2. The average Bonchev–Trinajstić information content (AvgIpc) is 3.49. The number of fused-ring (bicyclic) bond motifs is 1. The molecule has 0 bridgehead atoms. The molecule has 0 saturated carbocycles. The van der Waals surface area contributed by atoms with Gasteiger partial charge in [-0.05, 0) is 74.6 Å². The summed E-state index contributed by atoms with van der Waals surface area (Å²) in [5.41, 5.74) is 6.59. The van der Waals surface area contributed by atoms with Crippen LogP contribution in [0.4, 0.5) is 5.88 Å². The summed E-state index contributed by atoms with van der Waals surface area (Å²) in [4.78, 5) is 31.4. The smallest absolute Gasteiger partial charge is 0.333 e. The Balaban J connectivity index is 1.18. The number of allylic oxidation sites excluding steroid dienone is 5. The number of hydrogen-bond acceptors (Lipinski definition) is 8. The molecule has 0 spiro atoms. The Morgan fingerprint density at radius 3 is 2.64 bits per heavy atom. The first kappa shape index (κ1) is 29.7. The SMILES string of the molecule is COC(=O)/C(C)=C/C1=C/CCC\C=C(CCCCc2ccc(-c3csc4c(=O)cc(N5CCOCC5)oc34)cc2)\N=C\1. The molecule has 1 aromatic carbocycles. The number of morpholine rings is 1. The number of anilines is 1. The summed E-state index contributed by atoms with van der Waals surface area (Å²) in [6.07, 6.45) is 15.1. The van der Waals surface area contributed by atoms with E-state index in [1.54, 1.807) is 13.0 Å². The van der Waals surface area contributed by atoms with Crippen LogP contribution in [0, 0.1) is 0 Å². The molecule has 8 heteroatoms. The van der Waals surface area contributed by atoms with Gasteiger partial charge in [-0.3, -0.25) is 9.79 Å². The number of ether oxygens (including phenoxy) is 2. The van der Waals surface area contributed by atoms with Crippen LogP contribution in [0.2, 0.25) is 0 Å². The van der Waals surface area contributed by atoms with Crippen LogP contribution in [0.5, 0.6) is 0 Å². The van der Waals surface area contributed by atoms with Crippen LogP contribution in [-0.4, -0.2) is 45.6 Å². The predicted octanol–water partition coefficient (Wildman–Crippen LogP) is 7.26. The van der Waals surface area contributed by atoms with Crippen molar-refractivity contribution in [3.8, 4) is 11.1 Å². The quantitative estimate of drug-likeness (QED) is 0.149. The van der Waals surface area contributed by atoms with Gasteiger partial charge < -0.3 is 18.8 Å². The number of benzene rings is 1. The second kappa shape index (κ2) is 14.4. The summed E-state index contributed by atoms with van der Waals surface area (Å²) in [6.45, 7) is 4.48. The summed E-state index contributed by atoms with van der Waals surface area (Å²) in [7, 11) is 1.40. The Hall–Kier alpha value is -3.75. The zero-order chi connectivity index (χ0) is 29.3. The third kappa shape index (κ3) is 7.55. The van der Waals surface area contributed by atoms with Crippen LogP contribution in [-0.2, 0) is 20.7 Å². The zero-order valence-electron chi connectivity index (χ0n) is 24.4.